The van der Waals surface area contributed by atoms with Gasteiger partial charge in [0.15, 0.2) is 0 Å². The summed E-state index contributed by atoms with van der Waals surface area (Å²) >= 11 is 1.22. The topological polar surface area (TPSA) is 55.8 Å². The molecule has 1 rings (SSSR count). The number of rotatable bonds is 5. The molecule has 0 heterocycles. The van der Waals surface area contributed by atoms with Crippen LogP contribution in [-0.2, 0) is 4.79 Å². The molecule has 0 amide bonds. The molecule has 0 radical (unpaired) electrons. The highest BCUT2D eigenvalue weighted by atomic mass is 32.2. The molecule has 0 saturated carbocycles. The van der Waals surface area contributed by atoms with Crippen LogP contribution in [0.5, 0.6) is 11.5 Å². The largest absolute Gasteiger partial charge is 0.497 e. The SMILES string of the molecule is COc1ccc(SCC(=O)O)c(OC)c1. The van der Waals surface area contributed by atoms with Gasteiger partial charge in [-0.2, -0.15) is 0 Å². The van der Waals surface area contributed by atoms with Crippen molar-refractivity contribution in [2.75, 3.05) is 20.0 Å². The lowest BCUT2D eigenvalue weighted by atomic mass is 10.3. The monoisotopic (exact) mass is 228 g/mol. The van der Waals surface area contributed by atoms with Gasteiger partial charge in [-0.15, -0.1) is 11.8 Å². The molecular weight excluding hydrogens is 216 g/mol. The van der Waals surface area contributed by atoms with Crippen molar-refractivity contribution in [1.29, 1.82) is 0 Å². The number of hydrogen-bond acceptors (Lipinski definition) is 4. The van der Waals surface area contributed by atoms with Crippen molar-refractivity contribution < 1.29 is 19.4 Å². The zero-order chi connectivity index (χ0) is 11.3. The first-order chi connectivity index (χ1) is 7.17. The number of carbonyl (C=O) groups is 1. The van der Waals surface area contributed by atoms with Crippen molar-refractivity contribution in [2.24, 2.45) is 0 Å². The fourth-order valence-electron chi connectivity index (χ4n) is 1.03. The summed E-state index contributed by atoms with van der Waals surface area (Å²) in [4.78, 5) is 11.2. The van der Waals surface area contributed by atoms with Gasteiger partial charge in [0.25, 0.3) is 0 Å². The summed E-state index contributed by atoms with van der Waals surface area (Å²) in [5.74, 6) is 0.480. The predicted octanol–water partition coefficient (Wildman–Crippen LogP) is 1.88. The molecule has 0 unspecified atom stereocenters. The summed E-state index contributed by atoms with van der Waals surface area (Å²) < 4.78 is 10.2. The minimum atomic E-state index is -0.849. The number of methoxy groups -OCH3 is 2. The Kier molecular flexibility index (Phi) is 4.30. The Balaban J connectivity index is 2.82. The predicted molar refractivity (Wildman–Crippen MR) is 57.9 cm³/mol. The van der Waals surface area contributed by atoms with Gasteiger partial charge in [-0.25, -0.2) is 0 Å². The van der Waals surface area contributed by atoms with Gasteiger partial charge in [0.1, 0.15) is 11.5 Å². The second kappa shape index (κ2) is 5.50. The van der Waals surface area contributed by atoms with Crippen LogP contribution in [0.1, 0.15) is 0 Å². The zero-order valence-electron chi connectivity index (χ0n) is 8.52. The van der Waals surface area contributed by atoms with Crippen molar-refractivity contribution in [3.8, 4) is 11.5 Å². The molecule has 0 fully saturated rings. The van der Waals surface area contributed by atoms with E-state index in [0.29, 0.717) is 11.5 Å². The molecule has 5 heteroatoms. The number of hydrogen-bond donors (Lipinski definition) is 1. The first-order valence-corrected chi connectivity index (χ1v) is 5.22. The van der Waals surface area contributed by atoms with E-state index in [1.54, 1.807) is 32.4 Å². The maximum Gasteiger partial charge on any atom is 0.313 e. The van der Waals surface area contributed by atoms with Crippen LogP contribution in [0.2, 0.25) is 0 Å². The van der Waals surface area contributed by atoms with E-state index in [1.807, 2.05) is 0 Å². The Morgan fingerprint density at radius 3 is 2.67 bits per heavy atom. The smallest absolute Gasteiger partial charge is 0.313 e. The fourth-order valence-corrected chi connectivity index (χ4v) is 1.76. The van der Waals surface area contributed by atoms with Crippen molar-refractivity contribution in [3.05, 3.63) is 18.2 Å². The van der Waals surface area contributed by atoms with Crippen molar-refractivity contribution >= 4 is 17.7 Å². The fraction of sp³-hybridized carbons (Fsp3) is 0.300. The van der Waals surface area contributed by atoms with E-state index in [4.69, 9.17) is 14.6 Å². The number of ether oxygens (including phenoxy) is 2. The van der Waals surface area contributed by atoms with E-state index in [0.717, 1.165) is 4.90 Å². The molecule has 0 aliphatic carbocycles. The van der Waals surface area contributed by atoms with Crippen LogP contribution in [0.15, 0.2) is 23.1 Å². The minimum absolute atomic E-state index is 0.0166. The van der Waals surface area contributed by atoms with Crippen LogP contribution in [0.3, 0.4) is 0 Å². The Bertz CT molecular complexity index is 351. The third-order valence-corrected chi connectivity index (χ3v) is 2.76. The number of carboxylic acids is 1. The molecule has 1 aromatic carbocycles. The summed E-state index contributed by atoms with van der Waals surface area (Å²) in [5, 5.41) is 8.55. The second-order valence-electron chi connectivity index (χ2n) is 2.70. The molecule has 15 heavy (non-hydrogen) atoms. The van der Waals surface area contributed by atoms with Crippen LogP contribution in [0, 0.1) is 0 Å². The Labute approximate surface area is 92.2 Å². The highest BCUT2D eigenvalue weighted by molar-refractivity contribution is 8.00. The highest BCUT2D eigenvalue weighted by Crippen LogP contribution is 2.32. The van der Waals surface area contributed by atoms with Crippen molar-refractivity contribution in [1.82, 2.24) is 0 Å². The number of carboxylic acid groups (broad SMARTS) is 1. The molecular formula is C10H12O4S. The molecule has 0 atom stereocenters. The molecule has 1 aromatic rings. The minimum Gasteiger partial charge on any atom is -0.497 e. The molecule has 0 saturated heterocycles. The van der Waals surface area contributed by atoms with Crippen LogP contribution < -0.4 is 9.47 Å². The first-order valence-electron chi connectivity index (χ1n) is 4.24. The molecule has 0 bridgehead atoms. The third-order valence-electron chi connectivity index (χ3n) is 1.72. The van der Waals surface area contributed by atoms with Gasteiger partial charge in [0.05, 0.1) is 24.9 Å². The van der Waals surface area contributed by atoms with E-state index in [1.165, 1.54) is 11.8 Å². The molecule has 0 aromatic heterocycles. The van der Waals surface area contributed by atoms with E-state index in [2.05, 4.69) is 0 Å². The van der Waals surface area contributed by atoms with Gasteiger partial charge in [-0.3, -0.25) is 4.79 Å². The highest BCUT2D eigenvalue weighted by Gasteiger charge is 2.07. The van der Waals surface area contributed by atoms with E-state index in [9.17, 15) is 4.79 Å². The molecule has 4 nitrogen and oxygen atoms in total. The Morgan fingerprint density at radius 2 is 2.13 bits per heavy atom. The molecule has 0 spiro atoms. The first kappa shape index (κ1) is 11.7. The Morgan fingerprint density at radius 1 is 1.40 bits per heavy atom. The van der Waals surface area contributed by atoms with Crippen molar-refractivity contribution in [2.45, 2.75) is 4.90 Å². The summed E-state index contributed by atoms with van der Waals surface area (Å²) in [7, 11) is 3.11. The molecule has 82 valence electrons. The Hall–Kier alpha value is -1.36. The van der Waals surface area contributed by atoms with Gasteiger partial charge in [0, 0.05) is 6.07 Å². The lowest BCUT2D eigenvalue weighted by Crippen LogP contribution is -1.98. The quantitative estimate of drug-likeness (QED) is 0.780. The van der Waals surface area contributed by atoms with Gasteiger partial charge in [-0.05, 0) is 12.1 Å². The van der Waals surface area contributed by atoms with Crippen LogP contribution in [-0.4, -0.2) is 31.0 Å². The van der Waals surface area contributed by atoms with Crippen LogP contribution in [0.25, 0.3) is 0 Å². The molecule has 0 aliphatic heterocycles. The summed E-state index contributed by atoms with van der Waals surface area (Å²) in [5.41, 5.74) is 0. The number of aliphatic carboxylic acids is 1. The summed E-state index contributed by atoms with van der Waals surface area (Å²) in [6, 6.07) is 5.28. The van der Waals surface area contributed by atoms with Gasteiger partial charge in [-0.1, -0.05) is 0 Å². The lowest BCUT2D eigenvalue weighted by Gasteiger charge is -2.08. The van der Waals surface area contributed by atoms with E-state index < -0.39 is 5.97 Å². The third kappa shape index (κ3) is 3.36. The summed E-state index contributed by atoms with van der Waals surface area (Å²) in [6.07, 6.45) is 0. The second-order valence-corrected chi connectivity index (χ2v) is 3.72. The van der Waals surface area contributed by atoms with Gasteiger partial charge in [0.2, 0.25) is 0 Å². The maximum atomic E-state index is 10.4. The average Bonchev–Trinajstić information content (AvgIpc) is 2.25. The molecule has 0 aliphatic rings. The van der Waals surface area contributed by atoms with E-state index in [-0.39, 0.29) is 5.75 Å². The average molecular weight is 228 g/mol. The van der Waals surface area contributed by atoms with Crippen LogP contribution in [0.4, 0.5) is 0 Å². The molecule has 1 N–H and O–H groups in total. The number of thioether (sulfide) groups is 1. The summed E-state index contributed by atoms with van der Waals surface area (Å²) in [6.45, 7) is 0. The standard InChI is InChI=1S/C10H12O4S/c1-13-7-3-4-9(8(5-7)14-2)15-6-10(11)12/h3-5H,6H2,1-2H3,(H,11,12). The normalized spacial score (nSPS) is 9.73. The number of benzene rings is 1. The lowest BCUT2D eigenvalue weighted by molar-refractivity contribution is -0.133. The van der Waals surface area contributed by atoms with Gasteiger partial charge >= 0.3 is 5.97 Å². The van der Waals surface area contributed by atoms with Gasteiger partial charge < -0.3 is 14.6 Å². The van der Waals surface area contributed by atoms with Crippen LogP contribution >= 0.6 is 11.8 Å². The maximum absolute atomic E-state index is 10.4. The zero-order valence-corrected chi connectivity index (χ0v) is 9.34. The van der Waals surface area contributed by atoms with E-state index >= 15 is 0 Å². The van der Waals surface area contributed by atoms with Crippen molar-refractivity contribution in [3.63, 3.8) is 0 Å².